The van der Waals surface area contributed by atoms with Crippen LogP contribution in [-0.4, -0.2) is 17.8 Å². The minimum atomic E-state index is 0.00820. The Bertz CT molecular complexity index is 679. The topological polar surface area (TPSA) is 29.5 Å². The molecule has 1 aliphatic rings. The van der Waals surface area contributed by atoms with E-state index in [-0.39, 0.29) is 11.8 Å². The van der Waals surface area contributed by atoms with Gasteiger partial charge in [0.1, 0.15) is 5.75 Å². The average molecular weight is 293 g/mol. The molecule has 0 fully saturated rings. The predicted octanol–water partition coefficient (Wildman–Crippen LogP) is 3.73. The summed E-state index contributed by atoms with van der Waals surface area (Å²) in [6, 6.07) is 18.2. The van der Waals surface area contributed by atoms with E-state index in [1.807, 2.05) is 48.7 Å². The summed E-state index contributed by atoms with van der Waals surface area (Å²) in [4.78, 5) is 14.1. The summed E-state index contributed by atoms with van der Waals surface area (Å²) in [5, 5.41) is 0. The van der Waals surface area contributed by atoms with Gasteiger partial charge in [-0.15, -0.1) is 0 Å². The number of nitrogens with zero attached hydrogens (tertiary/aromatic N) is 1. The molecule has 2 aromatic rings. The van der Waals surface area contributed by atoms with E-state index in [9.17, 15) is 4.79 Å². The monoisotopic (exact) mass is 293 g/mol. The summed E-state index contributed by atoms with van der Waals surface area (Å²) in [5.74, 6) is 0.980. The molecule has 0 N–H and O–H groups in total. The molecule has 1 aliphatic heterocycles. The van der Waals surface area contributed by atoms with E-state index >= 15 is 0 Å². The van der Waals surface area contributed by atoms with Crippen LogP contribution in [0.5, 0.6) is 5.75 Å². The lowest BCUT2D eigenvalue weighted by molar-refractivity contribution is -0.116. The summed E-state index contributed by atoms with van der Waals surface area (Å²) in [6.45, 7) is 0.771. The fraction of sp³-hybridized carbons (Fsp3) is 0.211. The first-order chi connectivity index (χ1) is 10.8. The van der Waals surface area contributed by atoms with Gasteiger partial charge in [0, 0.05) is 24.7 Å². The van der Waals surface area contributed by atoms with Crippen molar-refractivity contribution in [1.29, 1.82) is 0 Å². The van der Waals surface area contributed by atoms with Gasteiger partial charge in [0.15, 0.2) is 5.78 Å². The fourth-order valence-corrected chi connectivity index (χ4v) is 2.85. The Morgan fingerprint density at radius 2 is 1.82 bits per heavy atom. The lowest BCUT2D eigenvalue weighted by Gasteiger charge is -2.34. The zero-order valence-electron chi connectivity index (χ0n) is 12.6. The van der Waals surface area contributed by atoms with Gasteiger partial charge in [0.25, 0.3) is 0 Å². The molecule has 22 heavy (non-hydrogen) atoms. The van der Waals surface area contributed by atoms with Crippen molar-refractivity contribution in [1.82, 2.24) is 4.90 Å². The molecule has 0 amide bonds. The first kappa shape index (κ1) is 14.4. The number of methoxy groups -OCH3 is 1. The molecule has 0 saturated heterocycles. The van der Waals surface area contributed by atoms with Crippen molar-refractivity contribution in [2.45, 2.75) is 19.0 Å². The van der Waals surface area contributed by atoms with Crippen LogP contribution in [-0.2, 0) is 11.3 Å². The van der Waals surface area contributed by atoms with E-state index in [0.717, 1.165) is 17.9 Å². The fourth-order valence-electron chi connectivity index (χ4n) is 2.85. The summed E-state index contributed by atoms with van der Waals surface area (Å²) in [7, 11) is 1.67. The molecule has 0 radical (unpaired) electrons. The number of benzene rings is 2. The van der Waals surface area contributed by atoms with Gasteiger partial charge in [-0.2, -0.15) is 0 Å². The number of hydrogen-bond acceptors (Lipinski definition) is 3. The van der Waals surface area contributed by atoms with E-state index in [2.05, 4.69) is 17.0 Å². The maximum absolute atomic E-state index is 11.9. The predicted molar refractivity (Wildman–Crippen MR) is 86.5 cm³/mol. The molecule has 0 bridgehead atoms. The van der Waals surface area contributed by atoms with Crippen LogP contribution in [0.15, 0.2) is 66.9 Å². The van der Waals surface area contributed by atoms with E-state index in [4.69, 9.17) is 4.74 Å². The number of carbonyl (C=O) groups excluding carboxylic acids is 1. The minimum Gasteiger partial charge on any atom is -0.496 e. The van der Waals surface area contributed by atoms with Crippen molar-refractivity contribution in [3.05, 3.63) is 78.0 Å². The quantitative estimate of drug-likeness (QED) is 0.860. The van der Waals surface area contributed by atoms with Crippen LogP contribution < -0.4 is 4.74 Å². The number of hydrogen-bond donors (Lipinski definition) is 0. The second-order valence-electron chi connectivity index (χ2n) is 5.40. The number of allylic oxidation sites excluding steroid dienone is 1. The number of ether oxygens (including phenoxy) is 1. The van der Waals surface area contributed by atoms with Crippen LogP contribution >= 0.6 is 0 Å². The van der Waals surface area contributed by atoms with Crippen LogP contribution in [0.4, 0.5) is 0 Å². The van der Waals surface area contributed by atoms with E-state index in [1.54, 1.807) is 13.2 Å². The van der Waals surface area contributed by atoms with Gasteiger partial charge >= 0.3 is 0 Å². The third kappa shape index (κ3) is 3.03. The van der Waals surface area contributed by atoms with Gasteiger partial charge < -0.3 is 9.64 Å². The maximum Gasteiger partial charge on any atom is 0.159 e. The molecule has 0 aromatic heterocycles. The summed E-state index contributed by atoms with van der Waals surface area (Å²) < 4.78 is 5.47. The Labute approximate surface area is 130 Å². The first-order valence-corrected chi connectivity index (χ1v) is 7.41. The van der Waals surface area contributed by atoms with Crippen molar-refractivity contribution in [2.24, 2.45) is 0 Å². The van der Waals surface area contributed by atoms with Crippen LogP contribution in [0.1, 0.15) is 23.6 Å². The highest BCUT2D eigenvalue weighted by Gasteiger charge is 2.26. The van der Waals surface area contributed by atoms with Crippen LogP contribution in [0, 0.1) is 0 Å². The largest absolute Gasteiger partial charge is 0.496 e. The van der Waals surface area contributed by atoms with Crippen molar-refractivity contribution in [3.63, 3.8) is 0 Å². The van der Waals surface area contributed by atoms with Gasteiger partial charge in [-0.3, -0.25) is 4.79 Å². The Morgan fingerprint density at radius 3 is 2.59 bits per heavy atom. The second-order valence-corrected chi connectivity index (χ2v) is 5.40. The zero-order chi connectivity index (χ0) is 15.4. The summed E-state index contributed by atoms with van der Waals surface area (Å²) >= 11 is 0. The average Bonchev–Trinajstić information content (AvgIpc) is 2.57. The van der Waals surface area contributed by atoms with E-state index in [1.165, 1.54) is 5.56 Å². The van der Waals surface area contributed by atoms with Gasteiger partial charge in [-0.25, -0.2) is 0 Å². The zero-order valence-corrected chi connectivity index (χ0v) is 12.6. The molecule has 3 rings (SSSR count). The van der Waals surface area contributed by atoms with E-state index in [0.29, 0.717) is 6.42 Å². The molecule has 1 unspecified atom stereocenters. The molecule has 3 nitrogen and oxygen atoms in total. The molecular weight excluding hydrogens is 274 g/mol. The molecule has 112 valence electrons. The Balaban J connectivity index is 1.92. The maximum atomic E-state index is 11.9. The lowest BCUT2D eigenvalue weighted by atomic mass is 9.96. The summed E-state index contributed by atoms with van der Waals surface area (Å²) in [5.41, 5.74) is 2.28. The minimum absolute atomic E-state index is 0.00820. The molecule has 0 saturated carbocycles. The first-order valence-electron chi connectivity index (χ1n) is 7.41. The van der Waals surface area contributed by atoms with Gasteiger partial charge in [-0.05, 0) is 17.7 Å². The van der Waals surface area contributed by atoms with Crippen molar-refractivity contribution < 1.29 is 9.53 Å². The van der Waals surface area contributed by atoms with Crippen molar-refractivity contribution in [2.75, 3.05) is 7.11 Å². The Kier molecular flexibility index (Phi) is 4.24. The van der Waals surface area contributed by atoms with E-state index < -0.39 is 0 Å². The third-order valence-corrected chi connectivity index (χ3v) is 3.95. The number of carbonyl (C=O) groups is 1. The van der Waals surface area contributed by atoms with Gasteiger partial charge in [0.05, 0.1) is 13.2 Å². The van der Waals surface area contributed by atoms with Crippen molar-refractivity contribution >= 4 is 5.78 Å². The lowest BCUT2D eigenvalue weighted by Crippen LogP contribution is -2.29. The Morgan fingerprint density at radius 1 is 1.09 bits per heavy atom. The normalized spacial score (nSPS) is 17.6. The van der Waals surface area contributed by atoms with Crippen molar-refractivity contribution in [3.8, 4) is 5.75 Å². The summed E-state index contributed by atoms with van der Waals surface area (Å²) in [6.07, 6.45) is 4.04. The number of ketones is 1. The highest BCUT2D eigenvalue weighted by Crippen LogP contribution is 2.35. The Hall–Kier alpha value is -2.55. The SMILES string of the molecule is COc1ccccc1C1CC(=O)C=CN1Cc1ccccc1. The van der Waals surface area contributed by atoms with Gasteiger partial charge in [0.2, 0.25) is 0 Å². The second kappa shape index (κ2) is 6.48. The van der Waals surface area contributed by atoms with Crippen LogP contribution in [0.2, 0.25) is 0 Å². The van der Waals surface area contributed by atoms with Crippen LogP contribution in [0.25, 0.3) is 0 Å². The molecule has 3 heteroatoms. The molecular formula is C19H19NO2. The molecule has 2 aromatic carbocycles. The molecule has 1 heterocycles. The highest BCUT2D eigenvalue weighted by atomic mass is 16.5. The standard InChI is InChI=1S/C19H19NO2/c1-22-19-10-6-5-9-17(19)18-13-16(21)11-12-20(18)14-15-7-3-2-4-8-15/h2-12,18H,13-14H2,1H3. The molecule has 1 atom stereocenters. The molecule has 0 spiro atoms. The third-order valence-electron chi connectivity index (χ3n) is 3.95. The number of rotatable bonds is 4. The molecule has 0 aliphatic carbocycles. The smallest absolute Gasteiger partial charge is 0.159 e. The van der Waals surface area contributed by atoms with Gasteiger partial charge in [-0.1, -0.05) is 48.5 Å². The van der Waals surface area contributed by atoms with Crippen LogP contribution in [0.3, 0.4) is 0 Å². The highest BCUT2D eigenvalue weighted by molar-refractivity contribution is 5.91. The number of para-hydroxylation sites is 1.